The molecule has 0 aliphatic heterocycles. The number of hydrogen-bond acceptors (Lipinski definition) is 6. The van der Waals surface area contributed by atoms with E-state index >= 15 is 0 Å². The molecular weight excluding hydrogens is 441 g/mol. The van der Waals surface area contributed by atoms with Crippen molar-refractivity contribution in [2.45, 2.75) is 18.4 Å². The fraction of sp³-hybridized carbons (Fsp3) is 0.143. The number of hydrogen-bond donors (Lipinski definition) is 2. The van der Waals surface area contributed by atoms with E-state index in [0.29, 0.717) is 29.1 Å². The lowest BCUT2D eigenvalue weighted by Crippen LogP contribution is -2.12. The Labute approximate surface area is 185 Å². The molecule has 0 unspecified atom stereocenters. The Morgan fingerprint density at radius 1 is 1.16 bits per heavy atom. The summed E-state index contributed by atoms with van der Waals surface area (Å²) >= 11 is 0. The van der Waals surface area contributed by atoms with E-state index in [1.54, 1.807) is 38.4 Å². The number of pyridine rings is 2. The Balaban J connectivity index is 0.00000272. The standard InChI is InChI=1S/C21H20FN5O2S.ClH/c1-14-19(7-8-21(22)25-14)26-16-5-6-18-15(11-23-2)13-27(20(18)10-16)30(28,29)17-4-3-9-24-12-17;/h3-10,12-13,23,26H,11H2,1-2H3;1H. The second kappa shape index (κ2) is 9.01. The Hall–Kier alpha value is -3.01. The third-order valence-electron chi connectivity index (χ3n) is 4.74. The van der Waals surface area contributed by atoms with Crippen LogP contribution in [0.25, 0.3) is 10.9 Å². The summed E-state index contributed by atoms with van der Waals surface area (Å²) in [5, 5.41) is 7.07. The van der Waals surface area contributed by atoms with Crippen LogP contribution in [0, 0.1) is 12.9 Å². The summed E-state index contributed by atoms with van der Waals surface area (Å²) in [5.74, 6) is -0.554. The minimum Gasteiger partial charge on any atom is -0.354 e. The molecule has 0 aliphatic rings. The molecular formula is C21H21ClFN5O2S. The topological polar surface area (TPSA) is 88.9 Å². The Kier molecular flexibility index (Phi) is 6.59. The van der Waals surface area contributed by atoms with E-state index in [4.69, 9.17) is 0 Å². The number of halogens is 2. The molecule has 0 bridgehead atoms. The zero-order valence-corrected chi connectivity index (χ0v) is 18.5. The molecule has 0 saturated carbocycles. The third kappa shape index (κ3) is 4.39. The lowest BCUT2D eigenvalue weighted by atomic mass is 10.1. The summed E-state index contributed by atoms with van der Waals surface area (Å²) in [6.07, 6.45) is 4.48. The van der Waals surface area contributed by atoms with Crippen molar-refractivity contribution in [3.63, 3.8) is 0 Å². The van der Waals surface area contributed by atoms with Gasteiger partial charge >= 0.3 is 0 Å². The van der Waals surface area contributed by atoms with Gasteiger partial charge in [0.1, 0.15) is 4.90 Å². The molecule has 1 aromatic carbocycles. The largest absolute Gasteiger partial charge is 0.354 e. The van der Waals surface area contributed by atoms with Crippen molar-refractivity contribution >= 4 is 44.7 Å². The van der Waals surface area contributed by atoms with Gasteiger partial charge in [-0.1, -0.05) is 6.07 Å². The van der Waals surface area contributed by atoms with E-state index in [-0.39, 0.29) is 17.3 Å². The number of aromatic nitrogens is 3. The summed E-state index contributed by atoms with van der Waals surface area (Å²) in [6.45, 7) is 2.21. The molecule has 3 heterocycles. The number of anilines is 2. The Morgan fingerprint density at radius 2 is 1.97 bits per heavy atom. The first-order valence-corrected chi connectivity index (χ1v) is 10.7. The molecule has 4 rings (SSSR count). The van der Waals surface area contributed by atoms with Crippen LogP contribution in [0.3, 0.4) is 0 Å². The van der Waals surface area contributed by atoms with Gasteiger partial charge in [-0.3, -0.25) is 4.98 Å². The highest BCUT2D eigenvalue weighted by atomic mass is 35.5. The smallest absolute Gasteiger partial charge is 0.269 e. The maximum atomic E-state index is 13.3. The van der Waals surface area contributed by atoms with Gasteiger partial charge in [-0.05, 0) is 55.9 Å². The first-order valence-electron chi connectivity index (χ1n) is 9.24. The predicted octanol–water partition coefficient (Wildman–Crippen LogP) is 4.00. The lowest BCUT2D eigenvalue weighted by Gasteiger charge is -2.11. The van der Waals surface area contributed by atoms with Crippen molar-refractivity contribution in [1.82, 2.24) is 19.3 Å². The molecule has 10 heteroatoms. The summed E-state index contributed by atoms with van der Waals surface area (Å²) < 4.78 is 41.1. The van der Waals surface area contributed by atoms with E-state index in [1.807, 2.05) is 12.1 Å². The van der Waals surface area contributed by atoms with Crippen LogP contribution in [0.2, 0.25) is 0 Å². The van der Waals surface area contributed by atoms with E-state index in [9.17, 15) is 12.8 Å². The van der Waals surface area contributed by atoms with Gasteiger partial charge in [-0.15, -0.1) is 12.4 Å². The van der Waals surface area contributed by atoms with Crippen molar-refractivity contribution in [3.8, 4) is 0 Å². The van der Waals surface area contributed by atoms with Crippen LogP contribution in [-0.4, -0.2) is 29.4 Å². The quantitative estimate of drug-likeness (QED) is 0.422. The molecule has 0 spiro atoms. The van der Waals surface area contributed by atoms with Crippen LogP contribution in [-0.2, 0) is 16.6 Å². The van der Waals surface area contributed by atoms with Crippen LogP contribution in [0.4, 0.5) is 15.8 Å². The predicted molar refractivity (Wildman–Crippen MR) is 121 cm³/mol. The van der Waals surface area contributed by atoms with Gasteiger partial charge in [0.25, 0.3) is 10.0 Å². The van der Waals surface area contributed by atoms with E-state index in [0.717, 1.165) is 10.9 Å². The third-order valence-corrected chi connectivity index (χ3v) is 6.40. The molecule has 162 valence electrons. The molecule has 31 heavy (non-hydrogen) atoms. The fourth-order valence-electron chi connectivity index (χ4n) is 3.31. The average Bonchev–Trinajstić information content (AvgIpc) is 3.10. The Morgan fingerprint density at radius 3 is 2.65 bits per heavy atom. The first kappa shape index (κ1) is 22.7. The zero-order valence-electron chi connectivity index (χ0n) is 16.8. The normalized spacial score (nSPS) is 11.3. The van der Waals surface area contributed by atoms with Crippen molar-refractivity contribution in [1.29, 1.82) is 0 Å². The molecule has 3 aromatic heterocycles. The van der Waals surface area contributed by atoms with Gasteiger partial charge in [0.2, 0.25) is 5.95 Å². The van der Waals surface area contributed by atoms with Crippen molar-refractivity contribution < 1.29 is 12.8 Å². The van der Waals surface area contributed by atoms with Gasteiger partial charge in [0.05, 0.1) is 16.9 Å². The second-order valence-corrected chi connectivity index (χ2v) is 8.61. The minimum atomic E-state index is -3.83. The molecule has 0 radical (unpaired) electrons. The van der Waals surface area contributed by atoms with Crippen molar-refractivity contribution in [2.24, 2.45) is 0 Å². The second-order valence-electron chi connectivity index (χ2n) is 6.80. The van der Waals surface area contributed by atoms with E-state index < -0.39 is 16.0 Å². The first-order chi connectivity index (χ1) is 14.4. The van der Waals surface area contributed by atoms with Crippen molar-refractivity contribution in [3.05, 3.63) is 78.3 Å². The van der Waals surface area contributed by atoms with Crippen LogP contribution < -0.4 is 10.6 Å². The molecule has 2 N–H and O–H groups in total. The molecule has 0 fully saturated rings. The lowest BCUT2D eigenvalue weighted by molar-refractivity contribution is 0.580. The molecule has 0 saturated heterocycles. The zero-order chi connectivity index (χ0) is 21.3. The summed E-state index contributed by atoms with van der Waals surface area (Å²) in [6, 6.07) is 11.4. The van der Waals surface area contributed by atoms with Gasteiger partial charge in [0.15, 0.2) is 0 Å². The highest BCUT2D eigenvalue weighted by Gasteiger charge is 2.21. The van der Waals surface area contributed by atoms with Gasteiger partial charge in [-0.25, -0.2) is 17.4 Å². The monoisotopic (exact) mass is 461 g/mol. The van der Waals surface area contributed by atoms with Crippen LogP contribution in [0.15, 0.2) is 66.0 Å². The molecule has 7 nitrogen and oxygen atoms in total. The highest BCUT2D eigenvalue weighted by molar-refractivity contribution is 7.90. The minimum absolute atomic E-state index is 0. The number of aryl methyl sites for hydroxylation is 1. The maximum Gasteiger partial charge on any atom is 0.269 e. The SMILES string of the molecule is CNCc1cn(S(=O)(=O)c2cccnc2)c2cc(Nc3ccc(F)nc3C)ccc12.Cl. The summed E-state index contributed by atoms with van der Waals surface area (Å²) in [5.41, 5.74) is 3.19. The van der Waals surface area contributed by atoms with Crippen LogP contribution >= 0.6 is 12.4 Å². The fourth-order valence-corrected chi connectivity index (χ4v) is 4.65. The number of nitrogens with zero attached hydrogens (tertiary/aromatic N) is 3. The number of fused-ring (bicyclic) bond motifs is 1. The van der Waals surface area contributed by atoms with Gasteiger partial charge in [-0.2, -0.15) is 4.39 Å². The van der Waals surface area contributed by atoms with Gasteiger partial charge < -0.3 is 10.6 Å². The molecule has 0 atom stereocenters. The Bertz CT molecular complexity index is 1330. The van der Waals surface area contributed by atoms with Crippen LogP contribution in [0.1, 0.15) is 11.3 Å². The van der Waals surface area contributed by atoms with Crippen molar-refractivity contribution in [2.75, 3.05) is 12.4 Å². The molecule has 0 aliphatic carbocycles. The van der Waals surface area contributed by atoms with E-state index in [2.05, 4.69) is 20.6 Å². The number of nitrogens with one attached hydrogen (secondary N) is 2. The average molecular weight is 462 g/mol. The molecule has 4 aromatic rings. The highest BCUT2D eigenvalue weighted by Crippen LogP contribution is 2.30. The van der Waals surface area contributed by atoms with E-state index in [1.165, 1.54) is 28.5 Å². The van der Waals surface area contributed by atoms with Crippen LogP contribution in [0.5, 0.6) is 0 Å². The summed E-state index contributed by atoms with van der Waals surface area (Å²) in [7, 11) is -2.03. The van der Waals surface area contributed by atoms with Gasteiger partial charge in [0, 0.05) is 36.2 Å². The number of benzene rings is 1. The summed E-state index contributed by atoms with van der Waals surface area (Å²) in [4.78, 5) is 7.85. The number of rotatable bonds is 6. The maximum absolute atomic E-state index is 13.3. The molecule has 0 amide bonds.